The van der Waals surface area contributed by atoms with Crippen molar-refractivity contribution in [3.8, 4) is 17.3 Å². The first kappa shape index (κ1) is 22.6. The highest BCUT2D eigenvalue weighted by Gasteiger charge is 2.25. The van der Waals surface area contributed by atoms with E-state index in [1.54, 1.807) is 12.1 Å². The Morgan fingerprint density at radius 2 is 2.06 bits per heavy atom. The number of methoxy groups -OCH3 is 1. The first-order chi connectivity index (χ1) is 15.4. The summed E-state index contributed by atoms with van der Waals surface area (Å²) < 4.78 is 11.1. The van der Waals surface area contributed by atoms with Crippen LogP contribution in [0, 0.1) is 0 Å². The molecule has 3 rings (SSSR count). The van der Waals surface area contributed by atoms with Crippen LogP contribution in [-0.4, -0.2) is 61.4 Å². The molecule has 0 radical (unpaired) electrons. The van der Waals surface area contributed by atoms with Crippen LogP contribution in [0.4, 0.5) is 5.82 Å². The number of phenolic OH excluding ortho intramolecular Hbond substituents is 1. The number of aromatic nitrogens is 5. The SMILES string of the molecule is C=C(NNC(=O)c1nnn(-c2nonc2N)c1CN(CC)CC)c1ccc(O)c(OC)c1. The quantitative estimate of drug-likeness (QED) is 0.325. The van der Waals surface area contributed by atoms with Gasteiger partial charge in [0.05, 0.1) is 18.5 Å². The summed E-state index contributed by atoms with van der Waals surface area (Å²) >= 11 is 0. The lowest BCUT2D eigenvalue weighted by Crippen LogP contribution is -2.37. The van der Waals surface area contributed by atoms with E-state index >= 15 is 0 Å². The van der Waals surface area contributed by atoms with Gasteiger partial charge in [-0.05, 0) is 41.6 Å². The van der Waals surface area contributed by atoms with Crippen LogP contribution in [0.3, 0.4) is 0 Å². The number of anilines is 1. The number of nitrogens with zero attached hydrogens (tertiary/aromatic N) is 6. The van der Waals surface area contributed by atoms with Crippen LogP contribution in [0.25, 0.3) is 11.5 Å². The van der Waals surface area contributed by atoms with Crippen LogP contribution in [0.5, 0.6) is 11.5 Å². The van der Waals surface area contributed by atoms with Gasteiger partial charge in [-0.2, -0.15) is 4.68 Å². The molecule has 13 heteroatoms. The second-order valence-electron chi connectivity index (χ2n) is 6.68. The Morgan fingerprint density at radius 1 is 1.31 bits per heavy atom. The Kier molecular flexibility index (Phi) is 6.90. The average Bonchev–Trinajstić information content (AvgIpc) is 3.41. The molecule has 0 aliphatic heterocycles. The molecule has 0 aliphatic rings. The summed E-state index contributed by atoms with van der Waals surface area (Å²) in [6, 6.07) is 4.67. The number of nitrogen functional groups attached to an aromatic ring is 1. The van der Waals surface area contributed by atoms with Gasteiger partial charge in [-0.15, -0.1) is 5.10 Å². The van der Waals surface area contributed by atoms with E-state index in [2.05, 4.69) is 47.6 Å². The Balaban J connectivity index is 1.82. The molecule has 1 amide bonds. The highest BCUT2D eigenvalue weighted by Crippen LogP contribution is 2.28. The zero-order valence-electron chi connectivity index (χ0n) is 18.0. The number of carbonyl (C=O) groups is 1. The molecule has 0 saturated heterocycles. The third-order valence-corrected chi connectivity index (χ3v) is 4.80. The summed E-state index contributed by atoms with van der Waals surface area (Å²) in [7, 11) is 1.44. The molecule has 0 fully saturated rings. The van der Waals surface area contributed by atoms with Gasteiger partial charge in [0.15, 0.2) is 17.2 Å². The van der Waals surface area contributed by atoms with Crippen molar-refractivity contribution in [1.82, 2.24) is 41.1 Å². The van der Waals surface area contributed by atoms with Crippen LogP contribution in [0.2, 0.25) is 0 Å². The summed E-state index contributed by atoms with van der Waals surface area (Å²) in [5, 5.41) is 25.1. The lowest BCUT2D eigenvalue weighted by Gasteiger charge is -2.18. The van der Waals surface area contributed by atoms with Crippen molar-refractivity contribution in [3.05, 3.63) is 41.7 Å². The van der Waals surface area contributed by atoms with E-state index in [-0.39, 0.29) is 28.8 Å². The number of amides is 1. The third-order valence-electron chi connectivity index (χ3n) is 4.80. The average molecular weight is 443 g/mol. The number of rotatable bonds is 10. The van der Waals surface area contributed by atoms with Crippen molar-refractivity contribution in [2.45, 2.75) is 20.4 Å². The summed E-state index contributed by atoms with van der Waals surface area (Å²) in [6.07, 6.45) is 0. The van der Waals surface area contributed by atoms with Gasteiger partial charge < -0.3 is 15.6 Å². The fourth-order valence-corrected chi connectivity index (χ4v) is 2.92. The van der Waals surface area contributed by atoms with Crippen molar-refractivity contribution in [1.29, 1.82) is 0 Å². The zero-order chi connectivity index (χ0) is 23.3. The Labute approximate surface area is 183 Å². The molecule has 13 nitrogen and oxygen atoms in total. The lowest BCUT2D eigenvalue weighted by molar-refractivity contribution is 0.0935. The van der Waals surface area contributed by atoms with Crippen molar-refractivity contribution < 1.29 is 19.3 Å². The van der Waals surface area contributed by atoms with Gasteiger partial charge >= 0.3 is 0 Å². The van der Waals surface area contributed by atoms with E-state index in [1.165, 1.54) is 17.9 Å². The molecule has 0 atom stereocenters. The first-order valence-corrected chi connectivity index (χ1v) is 9.77. The van der Waals surface area contributed by atoms with E-state index in [0.717, 1.165) is 13.1 Å². The standard InChI is InChI=1S/C19H25N9O4/c1-5-27(6-2)10-13-16(22-26-28(13)18-17(20)24-32-25-18)19(30)23-21-11(3)12-7-8-14(29)15(9-12)31-4/h7-9,21,29H,3,5-6,10H2,1-2,4H3,(H2,20,24)(H,23,30). The summed E-state index contributed by atoms with van der Waals surface area (Å²) in [6.45, 7) is 9.74. The van der Waals surface area contributed by atoms with Gasteiger partial charge in [-0.1, -0.05) is 25.6 Å². The minimum atomic E-state index is -0.541. The van der Waals surface area contributed by atoms with Crippen LogP contribution < -0.4 is 21.3 Å². The zero-order valence-corrected chi connectivity index (χ0v) is 18.0. The molecule has 5 N–H and O–H groups in total. The molecule has 3 aromatic rings. The fraction of sp³-hybridized carbons (Fsp3) is 0.316. The molecule has 0 unspecified atom stereocenters. The summed E-state index contributed by atoms with van der Waals surface area (Å²) in [4.78, 5) is 15.0. The number of phenols is 1. The topological polar surface area (TPSA) is 169 Å². The van der Waals surface area contributed by atoms with Crippen molar-refractivity contribution in [3.63, 3.8) is 0 Å². The monoisotopic (exact) mass is 443 g/mol. The number of ether oxygens (including phenoxy) is 1. The maximum Gasteiger partial charge on any atom is 0.292 e. The number of hydrazine groups is 1. The number of nitrogens with one attached hydrogen (secondary N) is 2. The molecule has 1 aromatic carbocycles. The van der Waals surface area contributed by atoms with Crippen molar-refractivity contribution >= 4 is 17.4 Å². The van der Waals surface area contributed by atoms with Gasteiger partial charge in [0.2, 0.25) is 11.6 Å². The second-order valence-corrected chi connectivity index (χ2v) is 6.68. The summed E-state index contributed by atoms with van der Waals surface area (Å²) in [5.41, 5.74) is 12.6. The Bertz CT molecular complexity index is 1100. The van der Waals surface area contributed by atoms with E-state index in [0.29, 0.717) is 23.5 Å². The number of benzene rings is 1. The van der Waals surface area contributed by atoms with Crippen molar-refractivity contribution in [2.24, 2.45) is 0 Å². The summed E-state index contributed by atoms with van der Waals surface area (Å²) in [5.74, 6) is -0.101. The number of hydrogen-bond donors (Lipinski definition) is 4. The molecular weight excluding hydrogens is 418 g/mol. The normalized spacial score (nSPS) is 10.9. The van der Waals surface area contributed by atoms with Gasteiger partial charge in [0.1, 0.15) is 0 Å². The molecule has 0 bridgehead atoms. The highest BCUT2D eigenvalue weighted by atomic mass is 16.6. The van der Waals surface area contributed by atoms with Crippen LogP contribution in [0.1, 0.15) is 35.6 Å². The molecular formula is C19H25N9O4. The predicted octanol–water partition coefficient (Wildman–Crippen LogP) is 0.694. The van der Waals surface area contributed by atoms with Gasteiger partial charge in [-0.3, -0.25) is 20.5 Å². The van der Waals surface area contributed by atoms with E-state index in [9.17, 15) is 9.90 Å². The number of hydrogen-bond acceptors (Lipinski definition) is 11. The minimum Gasteiger partial charge on any atom is -0.504 e. The first-order valence-electron chi connectivity index (χ1n) is 9.77. The van der Waals surface area contributed by atoms with Crippen LogP contribution in [-0.2, 0) is 6.54 Å². The maximum atomic E-state index is 12.9. The van der Waals surface area contributed by atoms with Gasteiger partial charge in [0.25, 0.3) is 5.91 Å². The predicted molar refractivity (Wildman–Crippen MR) is 115 cm³/mol. The Morgan fingerprint density at radius 3 is 2.69 bits per heavy atom. The maximum absolute atomic E-state index is 12.9. The smallest absolute Gasteiger partial charge is 0.292 e. The number of nitrogens with two attached hydrogens (primary N) is 1. The molecule has 2 aromatic heterocycles. The van der Waals surface area contributed by atoms with E-state index in [1.807, 2.05) is 13.8 Å². The van der Waals surface area contributed by atoms with Gasteiger partial charge in [-0.25, -0.2) is 4.63 Å². The third kappa shape index (κ3) is 4.62. The van der Waals surface area contributed by atoms with Crippen molar-refractivity contribution in [2.75, 3.05) is 25.9 Å². The van der Waals surface area contributed by atoms with Crippen LogP contribution in [0.15, 0.2) is 29.4 Å². The second kappa shape index (κ2) is 9.78. The molecule has 0 aliphatic carbocycles. The Hall–Kier alpha value is -4.13. The molecule has 32 heavy (non-hydrogen) atoms. The molecule has 0 spiro atoms. The van der Waals surface area contributed by atoms with E-state index < -0.39 is 5.91 Å². The largest absolute Gasteiger partial charge is 0.504 e. The lowest BCUT2D eigenvalue weighted by atomic mass is 10.1. The number of aromatic hydroxyl groups is 1. The molecule has 2 heterocycles. The minimum absolute atomic E-state index is 0.00707. The molecule has 0 saturated carbocycles. The fourth-order valence-electron chi connectivity index (χ4n) is 2.92. The van der Waals surface area contributed by atoms with Gasteiger partial charge in [0, 0.05) is 12.1 Å². The van der Waals surface area contributed by atoms with Crippen LogP contribution >= 0.6 is 0 Å². The molecule has 170 valence electrons. The highest BCUT2D eigenvalue weighted by molar-refractivity contribution is 5.93. The van der Waals surface area contributed by atoms with E-state index in [4.69, 9.17) is 10.5 Å². The number of carbonyl (C=O) groups excluding carboxylic acids is 1.